The fraction of sp³-hybridized carbons (Fsp3) is 0.286. The molecule has 0 saturated heterocycles. The SMILES string of the molecule is COC1=CC(Oc2cc(Cl)nn3cc(C)nc23)=CCC1. The largest absolute Gasteiger partial charge is 0.501 e. The third-order valence-electron chi connectivity index (χ3n) is 3.01. The van der Waals surface area contributed by atoms with Gasteiger partial charge in [0.2, 0.25) is 0 Å². The number of aromatic nitrogens is 3. The topological polar surface area (TPSA) is 48.7 Å². The summed E-state index contributed by atoms with van der Waals surface area (Å²) in [5.41, 5.74) is 1.50. The van der Waals surface area contributed by atoms with E-state index in [4.69, 9.17) is 21.1 Å². The van der Waals surface area contributed by atoms with E-state index in [0.717, 1.165) is 30.1 Å². The first-order chi connectivity index (χ1) is 9.65. The van der Waals surface area contributed by atoms with E-state index in [1.54, 1.807) is 23.9 Å². The molecule has 0 bridgehead atoms. The summed E-state index contributed by atoms with van der Waals surface area (Å²) >= 11 is 6.01. The van der Waals surface area contributed by atoms with Gasteiger partial charge in [0, 0.05) is 18.6 Å². The summed E-state index contributed by atoms with van der Waals surface area (Å²) in [7, 11) is 1.66. The lowest BCUT2D eigenvalue weighted by Gasteiger charge is -2.14. The van der Waals surface area contributed by atoms with Gasteiger partial charge in [0.25, 0.3) is 0 Å². The quantitative estimate of drug-likeness (QED) is 0.871. The summed E-state index contributed by atoms with van der Waals surface area (Å²) in [5.74, 6) is 2.22. The predicted molar refractivity (Wildman–Crippen MR) is 75.8 cm³/mol. The zero-order valence-corrected chi connectivity index (χ0v) is 12.0. The zero-order valence-electron chi connectivity index (χ0n) is 11.3. The summed E-state index contributed by atoms with van der Waals surface area (Å²) in [6.07, 6.45) is 7.48. The Kier molecular flexibility index (Phi) is 3.36. The fourth-order valence-corrected chi connectivity index (χ4v) is 2.30. The minimum absolute atomic E-state index is 0.359. The zero-order chi connectivity index (χ0) is 14.1. The van der Waals surface area contributed by atoms with E-state index < -0.39 is 0 Å². The molecule has 104 valence electrons. The molecule has 0 fully saturated rings. The third-order valence-corrected chi connectivity index (χ3v) is 3.20. The molecule has 0 atom stereocenters. The molecule has 0 saturated carbocycles. The summed E-state index contributed by atoms with van der Waals surface area (Å²) in [6, 6.07) is 1.67. The van der Waals surface area contributed by atoms with Crippen molar-refractivity contribution in [3.63, 3.8) is 0 Å². The Morgan fingerprint density at radius 1 is 1.40 bits per heavy atom. The van der Waals surface area contributed by atoms with Gasteiger partial charge in [-0.15, -0.1) is 0 Å². The van der Waals surface area contributed by atoms with Gasteiger partial charge in [-0.25, -0.2) is 9.50 Å². The summed E-state index contributed by atoms with van der Waals surface area (Å²) in [4.78, 5) is 4.40. The van der Waals surface area contributed by atoms with Crippen molar-refractivity contribution in [2.75, 3.05) is 7.11 Å². The van der Waals surface area contributed by atoms with Crippen LogP contribution in [-0.4, -0.2) is 21.7 Å². The van der Waals surface area contributed by atoms with Crippen LogP contribution in [0.15, 0.2) is 35.9 Å². The smallest absolute Gasteiger partial charge is 0.197 e. The van der Waals surface area contributed by atoms with E-state index in [9.17, 15) is 0 Å². The van der Waals surface area contributed by atoms with Gasteiger partial charge in [0.15, 0.2) is 16.5 Å². The molecule has 2 aromatic heterocycles. The molecule has 20 heavy (non-hydrogen) atoms. The molecule has 1 aliphatic carbocycles. The standard InChI is InChI=1S/C14H14ClN3O2/c1-9-8-18-14(16-9)12(7-13(15)17-18)20-11-5-3-4-10(6-11)19-2/h5-8H,3-4H2,1-2H3. The van der Waals surface area contributed by atoms with Gasteiger partial charge < -0.3 is 9.47 Å². The number of aryl methyl sites for hydroxylation is 1. The number of allylic oxidation sites excluding steroid dienone is 3. The number of halogens is 1. The first-order valence-electron chi connectivity index (χ1n) is 6.31. The molecular weight excluding hydrogens is 278 g/mol. The van der Waals surface area contributed by atoms with E-state index in [-0.39, 0.29) is 0 Å². The highest BCUT2D eigenvalue weighted by molar-refractivity contribution is 6.29. The van der Waals surface area contributed by atoms with Crippen LogP contribution in [0.2, 0.25) is 5.15 Å². The second-order valence-corrected chi connectivity index (χ2v) is 4.93. The second kappa shape index (κ2) is 5.17. The highest BCUT2D eigenvalue weighted by atomic mass is 35.5. The summed E-state index contributed by atoms with van der Waals surface area (Å²) in [5, 5.41) is 4.52. The Hall–Kier alpha value is -2.01. The number of hydrogen-bond acceptors (Lipinski definition) is 4. The molecule has 0 aliphatic heterocycles. The molecule has 2 heterocycles. The summed E-state index contributed by atoms with van der Waals surface area (Å²) < 4.78 is 12.8. The number of methoxy groups -OCH3 is 1. The lowest BCUT2D eigenvalue weighted by Crippen LogP contribution is -2.02. The maximum Gasteiger partial charge on any atom is 0.197 e. The van der Waals surface area contributed by atoms with Crippen LogP contribution in [0, 0.1) is 6.92 Å². The first-order valence-corrected chi connectivity index (χ1v) is 6.68. The molecule has 0 radical (unpaired) electrons. The lowest BCUT2D eigenvalue weighted by molar-refractivity contribution is 0.271. The molecule has 6 heteroatoms. The molecule has 1 aliphatic rings. The monoisotopic (exact) mass is 291 g/mol. The maximum absolute atomic E-state index is 6.01. The van der Waals surface area contributed by atoms with Crippen LogP contribution in [0.25, 0.3) is 5.65 Å². The van der Waals surface area contributed by atoms with Gasteiger partial charge in [-0.2, -0.15) is 5.10 Å². The van der Waals surface area contributed by atoms with E-state index in [0.29, 0.717) is 16.5 Å². The highest BCUT2D eigenvalue weighted by Gasteiger charge is 2.13. The van der Waals surface area contributed by atoms with Crippen molar-refractivity contribution >= 4 is 17.2 Å². The molecule has 0 N–H and O–H groups in total. The van der Waals surface area contributed by atoms with Crippen molar-refractivity contribution in [1.82, 2.24) is 14.6 Å². The molecule has 5 nitrogen and oxygen atoms in total. The molecule has 0 spiro atoms. The van der Waals surface area contributed by atoms with Crippen molar-refractivity contribution in [2.45, 2.75) is 19.8 Å². The molecule has 0 aromatic carbocycles. The van der Waals surface area contributed by atoms with Crippen LogP contribution in [0.1, 0.15) is 18.5 Å². The fourth-order valence-electron chi connectivity index (χ4n) is 2.11. The van der Waals surface area contributed by atoms with Crippen molar-refractivity contribution in [2.24, 2.45) is 0 Å². The maximum atomic E-state index is 6.01. The van der Waals surface area contributed by atoms with Crippen molar-refractivity contribution < 1.29 is 9.47 Å². The first kappa shape index (κ1) is 13.0. The van der Waals surface area contributed by atoms with Gasteiger partial charge in [-0.1, -0.05) is 11.6 Å². The van der Waals surface area contributed by atoms with Gasteiger partial charge in [0.05, 0.1) is 24.8 Å². The summed E-state index contributed by atoms with van der Waals surface area (Å²) in [6.45, 7) is 1.90. The lowest BCUT2D eigenvalue weighted by atomic mass is 10.1. The van der Waals surface area contributed by atoms with Crippen LogP contribution in [0.3, 0.4) is 0 Å². The Labute approximate surface area is 121 Å². The number of ether oxygens (including phenoxy) is 2. The van der Waals surface area contributed by atoms with Gasteiger partial charge in [0.1, 0.15) is 5.76 Å². The Balaban J connectivity index is 1.98. The van der Waals surface area contributed by atoms with Gasteiger partial charge in [-0.05, 0) is 19.4 Å². The molecule has 0 amide bonds. The minimum Gasteiger partial charge on any atom is -0.501 e. The number of rotatable bonds is 3. The van der Waals surface area contributed by atoms with Crippen LogP contribution in [0.5, 0.6) is 5.75 Å². The molecule has 0 unspecified atom stereocenters. The Bertz CT molecular complexity index is 719. The van der Waals surface area contributed by atoms with Crippen molar-refractivity contribution in [1.29, 1.82) is 0 Å². The highest BCUT2D eigenvalue weighted by Crippen LogP contribution is 2.26. The number of imidazole rings is 1. The third kappa shape index (κ3) is 2.49. The van der Waals surface area contributed by atoms with Crippen LogP contribution in [-0.2, 0) is 4.74 Å². The van der Waals surface area contributed by atoms with Crippen molar-refractivity contribution in [3.8, 4) is 5.75 Å². The molecular formula is C14H14ClN3O2. The minimum atomic E-state index is 0.359. The van der Waals surface area contributed by atoms with Gasteiger partial charge >= 0.3 is 0 Å². The van der Waals surface area contributed by atoms with Crippen LogP contribution in [0.4, 0.5) is 0 Å². The number of fused-ring (bicyclic) bond motifs is 1. The number of nitrogens with zero attached hydrogens (tertiary/aromatic N) is 3. The van der Waals surface area contributed by atoms with E-state index in [1.165, 1.54) is 0 Å². The van der Waals surface area contributed by atoms with Crippen LogP contribution >= 0.6 is 11.6 Å². The van der Waals surface area contributed by atoms with Crippen molar-refractivity contribution in [3.05, 3.63) is 46.8 Å². The predicted octanol–water partition coefficient (Wildman–Crippen LogP) is 3.28. The van der Waals surface area contributed by atoms with E-state index in [2.05, 4.69) is 10.1 Å². The Morgan fingerprint density at radius 2 is 2.25 bits per heavy atom. The van der Waals surface area contributed by atoms with Crippen LogP contribution < -0.4 is 4.74 Å². The van der Waals surface area contributed by atoms with E-state index in [1.807, 2.05) is 19.1 Å². The van der Waals surface area contributed by atoms with E-state index >= 15 is 0 Å². The number of hydrogen-bond donors (Lipinski definition) is 0. The molecule has 2 aromatic rings. The van der Waals surface area contributed by atoms with Gasteiger partial charge in [-0.3, -0.25) is 0 Å². The average Bonchev–Trinajstić information content (AvgIpc) is 2.79. The average molecular weight is 292 g/mol. The molecule has 3 rings (SSSR count). The Morgan fingerprint density at radius 3 is 3.05 bits per heavy atom. The second-order valence-electron chi connectivity index (χ2n) is 4.54. The normalized spacial score (nSPS) is 14.9.